The first-order valence-electron chi connectivity index (χ1n) is 4.94. The third-order valence-corrected chi connectivity index (χ3v) is 2.75. The number of rotatable bonds is 4. The van der Waals surface area contributed by atoms with Crippen LogP contribution < -0.4 is 0 Å². The number of nitrogens with zero attached hydrogens (tertiary/aromatic N) is 1. The van der Waals surface area contributed by atoms with Crippen molar-refractivity contribution >= 4 is 10.1 Å². The topological polar surface area (TPSA) is 57.2 Å². The Balaban J connectivity index is 0. The summed E-state index contributed by atoms with van der Waals surface area (Å²) in [5.74, 6) is -0.312. The van der Waals surface area contributed by atoms with E-state index in [9.17, 15) is 13.0 Å². The highest BCUT2D eigenvalue weighted by Crippen LogP contribution is 1.95. The van der Waals surface area contributed by atoms with Crippen molar-refractivity contribution in [1.29, 1.82) is 0 Å². The summed E-state index contributed by atoms with van der Waals surface area (Å²) >= 11 is 0. The highest BCUT2D eigenvalue weighted by atomic mass is 32.2. The first kappa shape index (κ1) is 16.3. The molecule has 0 aliphatic rings. The molecule has 5 heteroatoms. The second kappa shape index (κ2) is 7.20. The molecule has 4 nitrogen and oxygen atoms in total. The molecule has 0 aromatic carbocycles. The summed E-state index contributed by atoms with van der Waals surface area (Å²) in [5.41, 5.74) is 0. The molecule has 0 amide bonds. The van der Waals surface area contributed by atoms with Crippen LogP contribution in [0, 0.1) is 0 Å². The molecular weight excluding hydrogens is 202 g/mol. The van der Waals surface area contributed by atoms with Crippen molar-refractivity contribution in [2.45, 2.75) is 27.2 Å². The molecule has 0 rings (SSSR count). The van der Waals surface area contributed by atoms with Crippen LogP contribution in [-0.4, -0.2) is 50.4 Å². The molecule has 0 aromatic rings. The quantitative estimate of drug-likeness (QED) is 0.530. The van der Waals surface area contributed by atoms with Crippen molar-refractivity contribution in [3.8, 4) is 0 Å². The van der Waals surface area contributed by atoms with Gasteiger partial charge in [-0.1, -0.05) is 13.8 Å². The first-order chi connectivity index (χ1) is 6.18. The van der Waals surface area contributed by atoms with Gasteiger partial charge in [0, 0.05) is 5.75 Å². The largest absolute Gasteiger partial charge is 0.748 e. The second-order valence-corrected chi connectivity index (χ2v) is 5.51. The van der Waals surface area contributed by atoms with Gasteiger partial charge < -0.3 is 9.04 Å². The number of hydrogen-bond donors (Lipinski definition) is 0. The maximum Gasteiger partial charge on any atom is 0.0943 e. The molecule has 0 spiro atoms. The van der Waals surface area contributed by atoms with Gasteiger partial charge >= 0.3 is 0 Å². The molecule has 0 heterocycles. The Morgan fingerprint density at radius 1 is 1.14 bits per heavy atom. The lowest BCUT2D eigenvalue weighted by molar-refractivity contribution is -0.888. The van der Waals surface area contributed by atoms with Gasteiger partial charge in [-0.25, -0.2) is 8.42 Å². The van der Waals surface area contributed by atoms with Gasteiger partial charge in [-0.2, -0.15) is 0 Å². The zero-order chi connectivity index (χ0) is 11.8. The average Bonchev–Trinajstić information content (AvgIpc) is 2.04. The molecule has 0 saturated carbocycles. The molecule has 0 aromatic heterocycles. The predicted molar refractivity (Wildman–Crippen MR) is 58.0 cm³/mol. The van der Waals surface area contributed by atoms with Gasteiger partial charge in [-0.3, -0.25) is 0 Å². The number of quaternary nitrogens is 1. The number of hydrogen-bond acceptors (Lipinski definition) is 3. The van der Waals surface area contributed by atoms with Gasteiger partial charge in [0.25, 0.3) is 0 Å². The van der Waals surface area contributed by atoms with E-state index in [0.717, 1.165) is 4.48 Å². The van der Waals surface area contributed by atoms with Crippen LogP contribution >= 0.6 is 0 Å². The Labute approximate surface area is 88.3 Å². The van der Waals surface area contributed by atoms with Crippen LogP contribution in [0.5, 0.6) is 0 Å². The molecule has 0 bridgehead atoms. The van der Waals surface area contributed by atoms with E-state index in [1.807, 2.05) is 0 Å². The van der Waals surface area contributed by atoms with Gasteiger partial charge in [0.2, 0.25) is 0 Å². The zero-order valence-corrected chi connectivity index (χ0v) is 10.7. The highest BCUT2D eigenvalue weighted by Gasteiger charge is 2.07. The van der Waals surface area contributed by atoms with E-state index in [4.69, 9.17) is 0 Å². The van der Waals surface area contributed by atoms with E-state index < -0.39 is 10.1 Å². The van der Waals surface area contributed by atoms with Gasteiger partial charge in [-0.05, 0) is 13.3 Å². The van der Waals surface area contributed by atoms with Gasteiger partial charge in [-0.15, -0.1) is 0 Å². The van der Waals surface area contributed by atoms with E-state index in [2.05, 4.69) is 27.9 Å². The summed E-state index contributed by atoms with van der Waals surface area (Å²) in [7, 11) is 0.623. The van der Waals surface area contributed by atoms with Crippen LogP contribution in [0.4, 0.5) is 0 Å². The van der Waals surface area contributed by atoms with Crippen LogP contribution in [0.1, 0.15) is 27.2 Å². The summed E-state index contributed by atoms with van der Waals surface area (Å²) in [6.45, 7) is 8.32. The molecule has 14 heavy (non-hydrogen) atoms. The third-order valence-electron chi connectivity index (χ3n) is 2.04. The van der Waals surface area contributed by atoms with Crippen LogP contribution in [0.3, 0.4) is 0 Å². The van der Waals surface area contributed by atoms with E-state index >= 15 is 0 Å². The Morgan fingerprint density at radius 3 is 1.57 bits per heavy atom. The summed E-state index contributed by atoms with van der Waals surface area (Å²) in [6.07, 6.45) is 1.29. The van der Waals surface area contributed by atoms with Crippen molar-refractivity contribution in [2.75, 3.05) is 32.9 Å². The zero-order valence-electron chi connectivity index (χ0n) is 9.91. The second-order valence-electron chi connectivity index (χ2n) is 3.82. The first-order valence-corrected chi connectivity index (χ1v) is 6.51. The molecule has 0 saturated heterocycles. The lowest BCUT2D eigenvalue weighted by Crippen LogP contribution is -2.39. The Kier molecular flexibility index (Phi) is 8.39. The van der Waals surface area contributed by atoms with E-state index in [-0.39, 0.29) is 5.75 Å². The maximum absolute atomic E-state index is 9.44. The molecule has 0 fully saturated rings. The van der Waals surface area contributed by atoms with E-state index in [0.29, 0.717) is 0 Å². The molecule has 0 unspecified atom stereocenters. The van der Waals surface area contributed by atoms with Crippen LogP contribution in [0.2, 0.25) is 0 Å². The van der Waals surface area contributed by atoms with Crippen molar-refractivity contribution in [3.63, 3.8) is 0 Å². The molecule has 0 N–H and O–H groups in total. The summed E-state index contributed by atoms with van der Waals surface area (Å²) in [4.78, 5) is 0. The Bertz CT molecular complexity index is 222. The minimum absolute atomic E-state index is 0.312. The minimum Gasteiger partial charge on any atom is -0.748 e. The molecular formula is C9H23NO3S. The molecule has 0 radical (unpaired) electrons. The van der Waals surface area contributed by atoms with Crippen molar-refractivity contribution < 1.29 is 17.5 Å². The molecule has 0 aliphatic carbocycles. The van der Waals surface area contributed by atoms with E-state index in [1.165, 1.54) is 26.4 Å². The smallest absolute Gasteiger partial charge is 0.0943 e. The van der Waals surface area contributed by atoms with Gasteiger partial charge in [0.1, 0.15) is 0 Å². The third kappa shape index (κ3) is 14.4. The summed E-state index contributed by atoms with van der Waals surface area (Å²) < 4.78 is 29.5. The van der Waals surface area contributed by atoms with Gasteiger partial charge in [0.15, 0.2) is 0 Å². The minimum atomic E-state index is -3.91. The average molecular weight is 225 g/mol. The Morgan fingerprint density at radius 2 is 1.50 bits per heavy atom. The van der Waals surface area contributed by atoms with Crippen LogP contribution in [0.15, 0.2) is 0 Å². The standard InChI is InChI=1S/C7H18N.C2H6O3S/c1-5-7-8(3,4)6-2;1-2-6(3,4)5/h5-7H2,1-4H3;2H2,1H3,(H,3,4,5)/q+1;/p-1. The normalized spacial score (nSPS) is 11.9. The van der Waals surface area contributed by atoms with Crippen molar-refractivity contribution in [2.24, 2.45) is 0 Å². The fourth-order valence-electron chi connectivity index (χ4n) is 0.763. The molecule has 88 valence electrons. The maximum atomic E-state index is 9.44. The monoisotopic (exact) mass is 225 g/mol. The summed E-state index contributed by atoms with van der Waals surface area (Å²) in [6, 6.07) is 0. The van der Waals surface area contributed by atoms with Gasteiger partial charge in [0.05, 0.1) is 37.3 Å². The predicted octanol–water partition coefficient (Wildman–Crippen LogP) is 1.04. The van der Waals surface area contributed by atoms with E-state index in [1.54, 1.807) is 0 Å². The fraction of sp³-hybridized carbons (Fsp3) is 1.00. The summed E-state index contributed by atoms with van der Waals surface area (Å²) in [5, 5.41) is 0. The molecule has 0 atom stereocenters. The lowest BCUT2D eigenvalue weighted by atomic mass is 10.4. The SMILES string of the molecule is CCC[N+](C)(C)CC.CCS(=O)(=O)[O-]. The van der Waals surface area contributed by atoms with Crippen molar-refractivity contribution in [3.05, 3.63) is 0 Å². The van der Waals surface area contributed by atoms with Crippen molar-refractivity contribution in [1.82, 2.24) is 0 Å². The van der Waals surface area contributed by atoms with Crippen LogP contribution in [-0.2, 0) is 10.1 Å². The van der Waals surface area contributed by atoms with Crippen LogP contribution in [0.25, 0.3) is 0 Å². The lowest BCUT2D eigenvalue weighted by Gasteiger charge is -2.27. The fourth-order valence-corrected chi connectivity index (χ4v) is 0.763. The highest BCUT2D eigenvalue weighted by molar-refractivity contribution is 7.85. The molecule has 0 aliphatic heterocycles. The Hall–Kier alpha value is -0.130.